The van der Waals surface area contributed by atoms with Gasteiger partial charge in [-0.05, 0) is 54.5 Å². The molecule has 0 saturated heterocycles. The summed E-state index contributed by atoms with van der Waals surface area (Å²) >= 11 is 0. The van der Waals surface area contributed by atoms with E-state index in [1.165, 1.54) is 0 Å². The minimum absolute atomic E-state index is 0.523. The second-order valence-electron chi connectivity index (χ2n) is 7.36. The van der Waals surface area contributed by atoms with Gasteiger partial charge in [0.05, 0.1) is 39.0 Å². The van der Waals surface area contributed by atoms with E-state index >= 15 is 0 Å². The third-order valence-corrected chi connectivity index (χ3v) is 4.08. The Bertz CT molecular complexity index is 590. The van der Waals surface area contributed by atoms with Crippen molar-refractivity contribution in [2.24, 2.45) is 5.92 Å². The molecular weight excluding hydrogens is 352 g/mol. The summed E-state index contributed by atoms with van der Waals surface area (Å²) in [6.07, 6.45) is 5.91. The van der Waals surface area contributed by atoms with Gasteiger partial charge in [0.1, 0.15) is 6.61 Å². The molecular formula is C24H38O4. The molecule has 4 heteroatoms. The van der Waals surface area contributed by atoms with Crippen LogP contribution in [-0.4, -0.2) is 39.6 Å². The van der Waals surface area contributed by atoms with Crippen LogP contribution in [0.5, 0.6) is 0 Å². The van der Waals surface area contributed by atoms with Crippen molar-refractivity contribution in [3.63, 3.8) is 0 Å². The third-order valence-electron chi connectivity index (χ3n) is 4.08. The summed E-state index contributed by atoms with van der Waals surface area (Å²) in [5.41, 5.74) is 4.49. The highest BCUT2D eigenvalue weighted by Crippen LogP contribution is 2.20. The number of hydrogen-bond acceptors (Lipinski definition) is 4. The van der Waals surface area contributed by atoms with Crippen molar-refractivity contribution in [1.82, 2.24) is 0 Å². The Labute approximate surface area is 171 Å². The number of rotatable bonds is 15. The lowest BCUT2D eigenvalue weighted by atomic mass is 10.0. The van der Waals surface area contributed by atoms with Gasteiger partial charge in [0.25, 0.3) is 0 Å². The van der Waals surface area contributed by atoms with Crippen LogP contribution in [0.3, 0.4) is 0 Å². The zero-order valence-electron chi connectivity index (χ0n) is 18.3. The molecule has 4 nitrogen and oxygen atoms in total. The Hall–Kier alpha value is -1.78. The molecule has 0 saturated carbocycles. The second kappa shape index (κ2) is 15.2. The highest BCUT2D eigenvalue weighted by molar-refractivity contribution is 5.70. The molecule has 1 aromatic rings. The molecule has 0 fully saturated rings. The van der Waals surface area contributed by atoms with Gasteiger partial charge in [-0.2, -0.15) is 0 Å². The summed E-state index contributed by atoms with van der Waals surface area (Å²) in [6, 6.07) is 8.40. The predicted molar refractivity (Wildman–Crippen MR) is 117 cm³/mol. The first kappa shape index (κ1) is 24.3. The molecule has 0 N–H and O–H groups in total. The topological polar surface area (TPSA) is 36.9 Å². The molecule has 0 aliphatic heterocycles. The number of allylic oxidation sites excluding steroid dienone is 2. The first-order valence-electron chi connectivity index (χ1n) is 10.4. The van der Waals surface area contributed by atoms with Crippen molar-refractivity contribution in [3.8, 4) is 0 Å². The van der Waals surface area contributed by atoms with Crippen LogP contribution in [0.1, 0.15) is 58.6 Å². The van der Waals surface area contributed by atoms with Crippen LogP contribution in [-0.2, 0) is 18.9 Å². The average Bonchev–Trinajstić information content (AvgIpc) is 2.69. The largest absolute Gasteiger partial charge is 0.501 e. The molecule has 0 spiro atoms. The normalized spacial score (nSPS) is 12.5. The van der Waals surface area contributed by atoms with E-state index in [2.05, 4.69) is 58.9 Å². The molecule has 1 rings (SSSR count). The fourth-order valence-electron chi connectivity index (χ4n) is 2.37. The molecule has 0 aliphatic carbocycles. The Kier molecular flexibility index (Phi) is 13.2. The SMILES string of the molecule is CCCCOCCOCCO/C=C(\C)c1cccc(/C(C)=C/OCC(C)C)c1. The lowest BCUT2D eigenvalue weighted by Gasteiger charge is -2.09. The average molecular weight is 391 g/mol. The summed E-state index contributed by atoms with van der Waals surface area (Å²) in [5.74, 6) is 0.523. The fourth-order valence-corrected chi connectivity index (χ4v) is 2.37. The van der Waals surface area contributed by atoms with E-state index in [-0.39, 0.29) is 0 Å². The molecule has 0 amide bonds. The van der Waals surface area contributed by atoms with E-state index in [9.17, 15) is 0 Å². The van der Waals surface area contributed by atoms with Gasteiger partial charge in [-0.1, -0.05) is 45.4 Å². The van der Waals surface area contributed by atoms with Gasteiger partial charge < -0.3 is 18.9 Å². The van der Waals surface area contributed by atoms with Gasteiger partial charge in [0.15, 0.2) is 0 Å². The van der Waals surface area contributed by atoms with E-state index < -0.39 is 0 Å². The van der Waals surface area contributed by atoms with E-state index in [1.807, 2.05) is 6.26 Å². The maximum atomic E-state index is 5.63. The van der Waals surface area contributed by atoms with Crippen molar-refractivity contribution in [2.75, 3.05) is 39.6 Å². The minimum Gasteiger partial charge on any atom is -0.501 e. The summed E-state index contributed by atoms with van der Waals surface area (Å²) in [7, 11) is 0. The molecule has 1 aromatic carbocycles. The van der Waals surface area contributed by atoms with E-state index in [0.29, 0.717) is 32.3 Å². The summed E-state index contributed by atoms with van der Waals surface area (Å²) in [4.78, 5) is 0. The highest BCUT2D eigenvalue weighted by Gasteiger charge is 2.02. The fraction of sp³-hybridized carbons (Fsp3) is 0.583. The number of benzene rings is 1. The lowest BCUT2D eigenvalue weighted by molar-refractivity contribution is 0.0300. The molecule has 0 heterocycles. The van der Waals surface area contributed by atoms with Gasteiger partial charge in [0.2, 0.25) is 0 Å². The summed E-state index contributed by atoms with van der Waals surface area (Å²) < 4.78 is 22.2. The highest BCUT2D eigenvalue weighted by atomic mass is 16.5. The summed E-state index contributed by atoms with van der Waals surface area (Å²) in [6.45, 7) is 14.5. The van der Waals surface area contributed by atoms with Crippen LogP contribution in [0.25, 0.3) is 11.1 Å². The zero-order chi connectivity index (χ0) is 20.6. The molecule has 28 heavy (non-hydrogen) atoms. The van der Waals surface area contributed by atoms with E-state index in [4.69, 9.17) is 18.9 Å². The number of hydrogen-bond donors (Lipinski definition) is 0. The smallest absolute Gasteiger partial charge is 0.111 e. The standard InChI is InChI=1S/C24H38O4/c1-6-7-11-25-12-13-26-14-15-27-18-21(4)23-9-8-10-24(16-23)22(5)19-28-17-20(2)3/h8-10,16,18-20H,6-7,11-15,17H2,1-5H3/b21-18+,22-19+. The second-order valence-corrected chi connectivity index (χ2v) is 7.36. The van der Waals surface area contributed by atoms with Crippen molar-refractivity contribution in [3.05, 3.63) is 47.9 Å². The van der Waals surface area contributed by atoms with Crippen LogP contribution < -0.4 is 0 Å². The Morgan fingerprint density at radius 3 is 2.04 bits per heavy atom. The molecule has 158 valence electrons. The maximum absolute atomic E-state index is 5.63. The maximum Gasteiger partial charge on any atom is 0.111 e. The van der Waals surface area contributed by atoms with Gasteiger partial charge in [-0.3, -0.25) is 0 Å². The van der Waals surface area contributed by atoms with Gasteiger partial charge in [-0.25, -0.2) is 0 Å². The first-order chi connectivity index (χ1) is 13.5. The Morgan fingerprint density at radius 2 is 1.43 bits per heavy atom. The van der Waals surface area contributed by atoms with Crippen LogP contribution in [0.15, 0.2) is 36.8 Å². The molecule has 0 aromatic heterocycles. The van der Waals surface area contributed by atoms with Crippen LogP contribution >= 0.6 is 0 Å². The Morgan fingerprint density at radius 1 is 0.857 bits per heavy atom. The quantitative estimate of drug-likeness (QED) is 0.275. The van der Waals surface area contributed by atoms with Crippen LogP contribution in [0, 0.1) is 5.92 Å². The van der Waals surface area contributed by atoms with Crippen LogP contribution in [0.4, 0.5) is 0 Å². The third kappa shape index (κ3) is 11.2. The molecule has 0 radical (unpaired) electrons. The van der Waals surface area contributed by atoms with Gasteiger partial charge >= 0.3 is 0 Å². The Balaban J connectivity index is 2.36. The minimum atomic E-state index is 0.523. The van der Waals surface area contributed by atoms with E-state index in [0.717, 1.165) is 48.3 Å². The zero-order valence-corrected chi connectivity index (χ0v) is 18.3. The molecule has 0 aliphatic rings. The van der Waals surface area contributed by atoms with Crippen molar-refractivity contribution >= 4 is 11.1 Å². The van der Waals surface area contributed by atoms with Gasteiger partial charge in [0, 0.05) is 6.61 Å². The first-order valence-corrected chi connectivity index (χ1v) is 10.4. The number of ether oxygens (including phenoxy) is 4. The number of unbranched alkanes of at least 4 members (excludes halogenated alkanes) is 1. The van der Waals surface area contributed by atoms with Crippen molar-refractivity contribution in [1.29, 1.82) is 0 Å². The summed E-state index contributed by atoms with van der Waals surface area (Å²) in [5, 5.41) is 0. The lowest BCUT2D eigenvalue weighted by Crippen LogP contribution is -2.08. The van der Waals surface area contributed by atoms with Crippen LogP contribution in [0.2, 0.25) is 0 Å². The predicted octanol–water partition coefficient (Wildman–Crippen LogP) is 5.93. The molecule has 0 unspecified atom stereocenters. The monoisotopic (exact) mass is 390 g/mol. The van der Waals surface area contributed by atoms with Crippen molar-refractivity contribution < 1.29 is 18.9 Å². The van der Waals surface area contributed by atoms with E-state index in [1.54, 1.807) is 6.26 Å². The molecule has 0 bridgehead atoms. The van der Waals surface area contributed by atoms with Crippen molar-refractivity contribution in [2.45, 2.75) is 47.5 Å². The van der Waals surface area contributed by atoms with Gasteiger partial charge in [-0.15, -0.1) is 0 Å². The molecule has 0 atom stereocenters.